The summed E-state index contributed by atoms with van der Waals surface area (Å²) in [4.78, 5) is 15.0. The lowest BCUT2D eigenvalue weighted by atomic mass is 9.91. The Morgan fingerprint density at radius 2 is 1.38 bits per heavy atom. The molecular formula is C24H21Br2NO2. The van der Waals surface area contributed by atoms with E-state index in [1.165, 1.54) is 0 Å². The van der Waals surface area contributed by atoms with E-state index in [1.54, 1.807) is 0 Å². The zero-order valence-electron chi connectivity index (χ0n) is 16.0. The lowest BCUT2D eigenvalue weighted by Gasteiger charge is -2.43. The van der Waals surface area contributed by atoms with Crippen molar-refractivity contribution in [1.82, 2.24) is 4.90 Å². The van der Waals surface area contributed by atoms with Crippen molar-refractivity contribution in [3.63, 3.8) is 0 Å². The molecule has 0 aromatic heterocycles. The van der Waals surface area contributed by atoms with Crippen LogP contribution in [-0.2, 0) is 16.0 Å². The summed E-state index contributed by atoms with van der Waals surface area (Å²) in [5.74, 6) is 0.00938. The number of benzene rings is 3. The van der Waals surface area contributed by atoms with Crippen LogP contribution in [0.4, 0.5) is 0 Å². The number of carbonyl (C=O) groups excluding carboxylic acids is 1. The molecule has 29 heavy (non-hydrogen) atoms. The van der Waals surface area contributed by atoms with E-state index in [2.05, 4.69) is 44.0 Å². The van der Waals surface area contributed by atoms with Crippen LogP contribution in [0.1, 0.15) is 28.8 Å². The Morgan fingerprint density at radius 1 is 0.828 bits per heavy atom. The van der Waals surface area contributed by atoms with Crippen molar-refractivity contribution < 1.29 is 9.53 Å². The number of hydrogen-bond acceptors (Lipinski definition) is 2. The standard InChI is InChI=1S/C24H21Br2NO2/c1-27-22(17-7-11-19(25)12-8-17)23(18-9-13-20(26)14-10-18)29-21(24(27)28)15-16-5-3-2-4-6-16/h2-14,21-23H,15H2,1H3/t21?,22-,23+/m0/s1. The Balaban J connectivity index is 1.71. The maximum atomic E-state index is 13.2. The fourth-order valence-corrected chi connectivity index (χ4v) is 4.34. The van der Waals surface area contributed by atoms with E-state index in [4.69, 9.17) is 4.74 Å². The molecule has 1 aliphatic rings. The molecule has 3 atom stereocenters. The summed E-state index contributed by atoms with van der Waals surface area (Å²) in [6, 6.07) is 26.1. The summed E-state index contributed by atoms with van der Waals surface area (Å²) in [5, 5.41) is 0. The lowest BCUT2D eigenvalue weighted by Crippen LogP contribution is -2.49. The van der Waals surface area contributed by atoms with Gasteiger partial charge in [0.1, 0.15) is 12.2 Å². The Kier molecular flexibility index (Phi) is 6.18. The van der Waals surface area contributed by atoms with Gasteiger partial charge in [-0.1, -0.05) is 86.5 Å². The molecule has 1 amide bonds. The molecular weight excluding hydrogens is 494 g/mol. The fourth-order valence-electron chi connectivity index (χ4n) is 3.81. The average molecular weight is 515 g/mol. The second-order valence-electron chi connectivity index (χ2n) is 7.23. The summed E-state index contributed by atoms with van der Waals surface area (Å²) in [6.45, 7) is 0. The van der Waals surface area contributed by atoms with Gasteiger partial charge in [0.2, 0.25) is 0 Å². The van der Waals surface area contributed by atoms with Crippen LogP contribution in [0.25, 0.3) is 0 Å². The number of halogens is 2. The second kappa shape index (κ2) is 8.82. The molecule has 0 radical (unpaired) electrons. The molecule has 1 unspecified atom stereocenters. The molecule has 148 valence electrons. The summed E-state index contributed by atoms with van der Waals surface area (Å²) in [7, 11) is 1.88. The third-order valence-corrected chi connectivity index (χ3v) is 6.37. The molecule has 0 N–H and O–H groups in total. The van der Waals surface area contributed by atoms with Gasteiger partial charge in [0.25, 0.3) is 5.91 Å². The van der Waals surface area contributed by atoms with Gasteiger partial charge in [-0.25, -0.2) is 0 Å². The summed E-state index contributed by atoms with van der Waals surface area (Å²) in [6.07, 6.45) is -0.201. The number of morpholine rings is 1. The Labute approximate surface area is 187 Å². The number of hydrogen-bond donors (Lipinski definition) is 0. The van der Waals surface area contributed by atoms with Crippen LogP contribution < -0.4 is 0 Å². The van der Waals surface area contributed by atoms with Gasteiger partial charge in [0.15, 0.2) is 0 Å². The van der Waals surface area contributed by atoms with Gasteiger partial charge in [-0.2, -0.15) is 0 Å². The van der Waals surface area contributed by atoms with Crippen LogP contribution in [0.3, 0.4) is 0 Å². The molecule has 0 spiro atoms. The number of rotatable bonds is 4. The predicted molar refractivity (Wildman–Crippen MR) is 122 cm³/mol. The van der Waals surface area contributed by atoms with Crippen molar-refractivity contribution >= 4 is 37.8 Å². The molecule has 1 saturated heterocycles. The molecule has 1 aliphatic heterocycles. The first-order chi connectivity index (χ1) is 14.0. The van der Waals surface area contributed by atoms with E-state index in [0.717, 1.165) is 25.6 Å². The minimum atomic E-state index is -0.511. The molecule has 1 heterocycles. The monoisotopic (exact) mass is 513 g/mol. The summed E-state index contributed by atoms with van der Waals surface area (Å²) < 4.78 is 8.50. The van der Waals surface area contributed by atoms with E-state index in [-0.39, 0.29) is 18.1 Å². The second-order valence-corrected chi connectivity index (χ2v) is 9.06. The van der Waals surface area contributed by atoms with Crippen molar-refractivity contribution in [2.75, 3.05) is 7.05 Å². The first kappa shape index (κ1) is 20.3. The molecule has 3 nitrogen and oxygen atoms in total. The fraction of sp³-hybridized carbons (Fsp3) is 0.208. The third kappa shape index (κ3) is 4.47. The maximum absolute atomic E-state index is 13.2. The zero-order valence-corrected chi connectivity index (χ0v) is 19.1. The van der Waals surface area contributed by atoms with Crippen molar-refractivity contribution in [2.24, 2.45) is 0 Å². The smallest absolute Gasteiger partial charge is 0.252 e. The van der Waals surface area contributed by atoms with E-state index in [9.17, 15) is 4.79 Å². The van der Waals surface area contributed by atoms with Gasteiger partial charge in [-0.3, -0.25) is 4.79 Å². The van der Waals surface area contributed by atoms with E-state index >= 15 is 0 Å². The number of nitrogens with zero attached hydrogens (tertiary/aromatic N) is 1. The SMILES string of the molecule is CN1C(=O)C(Cc2ccccc2)O[C@H](c2ccc(Br)cc2)[C@@H]1c1ccc(Br)cc1. The van der Waals surface area contributed by atoms with Gasteiger partial charge in [-0.15, -0.1) is 0 Å². The number of carbonyl (C=O) groups is 1. The van der Waals surface area contributed by atoms with Crippen molar-refractivity contribution in [1.29, 1.82) is 0 Å². The number of likely N-dealkylation sites (N-methyl/N-ethyl adjacent to an activating group) is 1. The molecule has 5 heteroatoms. The number of ether oxygens (including phenoxy) is 1. The molecule has 1 fully saturated rings. The van der Waals surface area contributed by atoms with Gasteiger partial charge in [0, 0.05) is 22.4 Å². The normalized spacial score (nSPS) is 22.0. The zero-order chi connectivity index (χ0) is 20.4. The first-order valence-corrected chi connectivity index (χ1v) is 11.1. The first-order valence-electron chi connectivity index (χ1n) is 9.50. The Morgan fingerprint density at radius 3 is 1.97 bits per heavy atom. The highest BCUT2D eigenvalue weighted by atomic mass is 79.9. The van der Waals surface area contributed by atoms with E-state index in [0.29, 0.717) is 6.42 Å². The average Bonchev–Trinajstić information content (AvgIpc) is 2.74. The van der Waals surface area contributed by atoms with Crippen LogP contribution in [0.5, 0.6) is 0 Å². The molecule has 0 saturated carbocycles. The summed E-state index contributed by atoms with van der Waals surface area (Å²) >= 11 is 7.00. The highest BCUT2D eigenvalue weighted by Crippen LogP contribution is 2.42. The molecule has 3 aromatic carbocycles. The quantitative estimate of drug-likeness (QED) is 0.421. The van der Waals surface area contributed by atoms with Crippen LogP contribution >= 0.6 is 31.9 Å². The van der Waals surface area contributed by atoms with Crippen LogP contribution in [-0.4, -0.2) is 24.0 Å². The van der Waals surface area contributed by atoms with Gasteiger partial charge < -0.3 is 9.64 Å². The largest absolute Gasteiger partial charge is 0.358 e. The van der Waals surface area contributed by atoms with Crippen molar-refractivity contribution in [2.45, 2.75) is 24.7 Å². The minimum Gasteiger partial charge on any atom is -0.358 e. The van der Waals surface area contributed by atoms with Crippen molar-refractivity contribution in [3.8, 4) is 0 Å². The number of amides is 1. The van der Waals surface area contributed by atoms with Crippen LogP contribution in [0, 0.1) is 0 Å². The predicted octanol–water partition coefficient (Wildman–Crippen LogP) is 6.09. The third-order valence-electron chi connectivity index (χ3n) is 5.31. The topological polar surface area (TPSA) is 29.5 Å². The maximum Gasteiger partial charge on any atom is 0.252 e. The van der Waals surface area contributed by atoms with Crippen molar-refractivity contribution in [3.05, 3.63) is 104 Å². The lowest BCUT2D eigenvalue weighted by molar-refractivity contribution is -0.171. The van der Waals surface area contributed by atoms with E-state index < -0.39 is 6.10 Å². The molecule has 0 aliphatic carbocycles. The van der Waals surface area contributed by atoms with Gasteiger partial charge in [-0.05, 0) is 41.0 Å². The molecule has 0 bridgehead atoms. The minimum absolute atomic E-state index is 0.00938. The Bertz CT molecular complexity index is 974. The highest BCUT2D eigenvalue weighted by molar-refractivity contribution is 9.10. The summed E-state index contributed by atoms with van der Waals surface area (Å²) in [5.41, 5.74) is 3.20. The highest BCUT2D eigenvalue weighted by Gasteiger charge is 2.42. The van der Waals surface area contributed by atoms with Gasteiger partial charge >= 0.3 is 0 Å². The van der Waals surface area contributed by atoms with E-state index in [1.807, 2.05) is 78.7 Å². The van der Waals surface area contributed by atoms with Crippen LogP contribution in [0.15, 0.2) is 87.8 Å². The molecule has 3 aromatic rings. The van der Waals surface area contributed by atoms with Crippen LogP contribution in [0.2, 0.25) is 0 Å². The Hall–Kier alpha value is -1.95. The van der Waals surface area contributed by atoms with Gasteiger partial charge in [0.05, 0.1) is 6.04 Å². The molecule has 4 rings (SSSR count).